The van der Waals surface area contributed by atoms with Gasteiger partial charge in [0.1, 0.15) is 5.60 Å². The lowest BCUT2D eigenvalue weighted by Crippen LogP contribution is -2.63. The summed E-state index contributed by atoms with van der Waals surface area (Å²) in [6.45, 7) is 10.1. The lowest BCUT2D eigenvalue weighted by Gasteiger charge is -2.52. The van der Waals surface area contributed by atoms with E-state index in [1.165, 1.54) is 0 Å². The van der Waals surface area contributed by atoms with Crippen molar-refractivity contribution < 1.29 is 9.53 Å². The van der Waals surface area contributed by atoms with Crippen LogP contribution in [-0.2, 0) is 4.74 Å². The Morgan fingerprint density at radius 3 is 2.27 bits per heavy atom. The number of amides is 1. The Balaban J connectivity index is 1.83. The van der Waals surface area contributed by atoms with Gasteiger partial charge < -0.3 is 9.64 Å². The molecule has 2 bridgehead atoms. The van der Waals surface area contributed by atoms with Crippen molar-refractivity contribution in [2.24, 2.45) is 0 Å². The molecule has 2 aliphatic rings. The summed E-state index contributed by atoms with van der Waals surface area (Å²) in [5.41, 5.74) is -0.919. The standard InChI is InChI=1S/C19H29ClN4O2/c1-17(2,3)26-16(25)24-18(4)9-10-19(24,5)12-13(11-18)23(6)15-8-7-14(20)21-22-15/h7-8,13H,9-12H2,1-6H3/t13?,18-,19+. The molecule has 1 amide bonds. The highest BCUT2D eigenvalue weighted by Crippen LogP contribution is 2.52. The van der Waals surface area contributed by atoms with Crippen LogP contribution in [0.4, 0.5) is 10.6 Å². The zero-order valence-corrected chi connectivity index (χ0v) is 17.3. The second kappa shape index (κ2) is 6.25. The third-order valence-corrected chi connectivity index (χ3v) is 5.94. The second-order valence-electron chi connectivity index (χ2n) is 9.20. The van der Waals surface area contributed by atoms with Crippen LogP contribution >= 0.6 is 11.6 Å². The fraction of sp³-hybridized carbons (Fsp3) is 0.737. The van der Waals surface area contributed by atoms with Gasteiger partial charge in [-0.3, -0.25) is 4.90 Å². The molecule has 0 radical (unpaired) electrons. The maximum absolute atomic E-state index is 12.9. The van der Waals surface area contributed by atoms with Gasteiger partial charge in [-0.2, -0.15) is 0 Å². The highest BCUT2D eigenvalue weighted by Gasteiger charge is 2.59. The maximum atomic E-state index is 12.9. The third kappa shape index (κ3) is 3.48. The summed E-state index contributed by atoms with van der Waals surface area (Å²) in [4.78, 5) is 17.1. The Morgan fingerprint density at radius 2 is 1.81 bits per heavy atom. The lowest BCUT2D eigenvalue weighted by molar-refractivity contribution is -0.0357. The van der Waals surface area contributed by atoms with Gasteiger partial charge in [0.05, 0.1) is 0 Å². The normalized spacial score (nSPS) is 31.0. The summed E-state index contributed by atoms with van der Waals surface area (Å²) in [5.74, 6) is 0.803. The molecule has 144 valence electrons. The predicted octanol–water partition coefficient (Wildman–Crippen LogP) is 4.28. The third-order valence-electron chi connectivity index (χ3n) is 5.74. The topological polar surface area (TPSA) is 58.6 Å². The smallest absolute Gasteiger partial charge is 0.411 e. The number of aromatic nitrogens is 2. The molecule has 3 rings (SSSR count). The number of rotatable bonds is 2. The zero-order chi connectivity index (χ0) is 19.3. The van der Waals surface area contributed by atoms with E-state index in [2.05, 4.69) is 28.9 Å². The van der Waals surface area contributed by atoms with E-state index in [1.54, 1.807) is 6.07 Å². The number of hydrogen-bond donors (Lipinski definition) is 0. The molecule has 0 aromatic carbocycles. The molecule has 0 spiro atoms. The van der Waals surface area contributed by atoms with E-state index in [-0.39, 0.29) is 23.2 Å². The Kier molecular flexibility index (Phi) is 4.62. The Labute approximate surface area is 160 Å². The number of halogens is 1. The molecule has 0 aliphatic carbocycles. The van der Waals surface area contributed by atoms with Crippen molar-refractivity contribution in [3.8, 4) is 0 Å². The second-order valence-corrected chi connectivity index (χ2v) is 9.58. The Morgan fingerprint density at radius 1 is 1.23 bits per heavy atom. The first kappa shape index (κ1) is 19.2. The quantitative estimate of drug-likeness (QED) is 0.766. The minimum Gasteiger partial charge on any atom is -0.444 e. The van der Waals surface area contributed by atoms with Crippen LogP contribution in [0.15, 0.2) is 12.1 Å². The SMILES string of the molecule is CN(c1ccc(Cl)nn1)C1C[C@]2(C)CC[C@](C)(C1)N2C(=O)OC(C)(C)C. The molecule has 6 nitrogen and oxygen atoms in total. The number of hydrogen-bond acceptors (Lipinski definition) is 5. The van der Waals surface area contributed by atoms with Crippen molar-refractivity contribution >= 4 is 23.5 Å². The molecule has 1 unspecified atom stereocenters. The van der Waals surface area contributed by atoms with Crippen LogP contribution in [-0.4, -0.2) is 51.0 Å². The first-order chi connectivity index (χ1) is 11.9. The molecule has 3 atom stereocenters. The molecule has 1 aromatic rings. The van der Waals surface area contributed by atoms with Gasteiger partial charge in [-0.25, -0.2) is 4.79 Å². The van der Waals surface area contributed by atoms with Gasteiger partial charge in [0, 0.05) is 24.2 Å². The maximum Gasteiger partial charge on any atom is 0.411 e. The fourth-order valence-electron chi connectivity index (χ4n) is 4.59. The molecule has 2 fully saturated rings. The molecule has 7 heteroatoms. The first-order valence-corrected chi connectivity index (χ1v) is 9.57. The summed E-state index contributed by atoms with van der Waals surface area (Å²) in [6.07, 6.45) is 3.52. The largest absolute Gasteiger partial charge is 0.444 e. The van der Waals surface area contributed by atoms with Gasteiger partial charge in [-0.15, -0.1) is 10.2 Å². The first-order valence-electron chi connectivity index (χ1n) is 9.19. The van der Waals surface area contributed by atoms with Crippen molar-refractivity contribution in [2.45, 2.75) is 83.0 Å². The summed E-state index contributed by atoms with van der Waals surface area (Å²) < 4.78 is 5.72. The van der Waals surface area contributed by atoms with Crippen molar-refractivity contribution in [3.05, 3.63) is 17.3 Å². The summed E-state index contributed by atoms with van der Waals surface area (Å²) in [5, 5.41) is 8.56. The zero-order valence-electron chi connectivity index (χ0n) is 16.5. The molecule has 2 saturated heterocycles. The number of nitrogens with zero attached hydrogens (tertiary/aromatic N) is 4. The summed E-state index contributed by atoms with van der Waals surface area (Å²) >= 11 is 5.86. The number of ether oxygens (including phenoxy) is 1. The van der Waals surface area contributed by atoms with E-state index in [0.717, 1.165) is 31.5 Å². The average molecular weight is 381 g/mol. The Hall–Kier alpha value is -1.56. The van der Waals surface area contributed by atoms with E-state index in [1.807, 2.05) is 38.8 Å². The van der Waals surface area contributed by atoms with Crippen LogP contribution < -0.4 is 4.90 Å². The van der Waals surface area contributed by atoms with Crippen molar-refractivity contribution in [3.63, 3.8) is 0 Å². The van der Waals surface area contributed by atoms with Crippen LogP contribution in [0.5, 0.6) is 0 Å². The van der Waals surface area contributed by atoms with E-state index in [0.29, 0.717) is 5.15 Å². The number of piperidine rings is 1. The van der Waals surface area contributed by atoms with Crippen LogP contribution in [0, 0.1) is 0 Å². The molecule has 0 saturated carbocycles. The molecule has 26 heavy (non-hydrogen) atoms. The van der Waals surface area contributed by atoms with Crippen molar-refractivity contribution in [1.82, 2.24) is 15.1 Å². The van der Waals surface area contributed by atoms with Crippen LogP contribution in [0.3, 0.4) is 0 Å². The van der Waals surface area contributed by atoms with Crippen LogP contribution in [0.1, 0.15) is 60.3 Å². The molecule has 2 aliphatic heterocycles. The fourth-order valence-corrected chi connectivity index (χ4v) is 4.70. The van der Waals surface area contributed by atoms with Gasteiger partial charge in [-0.1, -0.05) is 11.6 Å². The monoisotopic (exact) mass is 380 g/mol. The minimum absolute atomic E-state index is 0.201. The molecule has 3 heterocycles. The van der Waals surface area contributed by atoms with Gasteiger partial charge in [-0.05, 0) is 72.4 Å². The predicted molar refractivity (Wildman–Crippen MR) is 103 cm³/mol. The highest BCUT2D eigenvalue weighted by molar-refractivity contribution is 6.29. The summed E-state index contributed by atoms with van der Waals surface area (Å²) in [6, 6.07) is 3.93. The van der Waals surface area contributed by atoms with Crippen molar-refractivity contribution in [2.75, 3.05) is 11.9 Å². The van der Waals surface area contributed by atoms with E-state index in [9.17, 15) is 4.79 Å². The Bertz CT molecular complexity index is 670. The van der Waals surface area contributed by atoms with E-state index < -0.39 is 5.60 Å². The molecular formula is C19H29ClN4O2. The van der Waals surface area contributed by atoms with Gasteiger partial charge in [0.25, 0.3) is 0 Å². The lowest BCUT2D eigenvalue weighted by atomic mass is 9.82. The average Bonchev–Trinajstić information content (AvgIpc) is 2.67. The highest BCUT2D eigenvalue weighted by atomic mass is 35.5. The van der Waals surface area contributed by atoms with Crippen molar-refractivity contribution in [1.29, 1.82) is 0 Å². The minimum atomic E-state index is -0.490. The van der Waals surface area contributed by atoms with E-state index >= 15 is 0 Å². The molecule has 1 aromatic heterocycles. The number of anilines is 1. The summed E-state index contributed by atoms with van der Waals surface area (Å²) in [7, 11) is 2.04. The van der Waals surface area contributed by atoms with Gasteiger partial charge >= 0.3 is 6.09 Å². The number of carbonyl (C=O) groups is 1. The van der Waals surface area contributed by atoms with Crippen LogP contribution in [0.2, 0.25) is 5.15 Å². The molecular weight excluding hydrogens is 352 g/mol. The molecule has 0 N–H and O–H groups in total. The van der Waals surface area contributed by atoms with Gasteiger partial charge in [0.15, 0.2) is 11.0 Å². The van der Waals surface area contributed by atoms with Gasteiger partial charge in [0.2, 0.25) is 0 Å². The number of carbonyl (C=O) groups excluding carboxylic acids is 1. The van der Waals surface area contributed by atoms with Crippen LogP contribution in [0.25, 0.3) is 0 Å². The van der Waals surface area contributed by atoms with E-state index in [4.69, 9.17) is 16.3 Å². The number of fused-ring (bicyclic) bond motifs is 2.